The Morgan fingerprint density at radius 1 is 1.03 bits per heavy atom. The predicted molar refractivity (Wildman–Crippen MR) is 131 cm³/mol. The number of carbonyl (C=O) groups is 3. The number of esters is 1. The number of para-hydroxylation sites is 1. The summed E-state index contributed by atoms with van der Waals surface area (Å²) in [5.41, 5.74) is 0.398. The Morgan fingerprint density at radius 3 is 2.32 bits per heavy atom. The van der Waals surface area contributed by atoms with Gasteiger partial charge in [-0.2, -0.15) is 0 Å². The maximum Gasteiger partial charge on any atom is 0.419 e. The minimum atomic E-state index is -0.715. The van der Waals surface area contributed by atoms with Gasteiger partial charge >= 0.3 is 18.2 Å². The first kappa shape index (κ1) is 27.0. The molecule has 0 unspecified atom stereocenters. The first-order chi connectivity index (χ1) is 15.9. The fraction of sp³-hybridized carbons (Fsp3) is 0.500. The van der Waals surface area contributed by atoms with E-state index >= 15 is 0 Å². The molecule has 0 atom stereocenters. The van der Waals surface area contributed by atoms with Crippen LogP contribution in [0.3, 0.4) is 0 Å². The third-order valence-electron chi connectivity index (χ3n) is 5.10. The van der Waals surface area contributed by atoms with Crippen molar-refractivity contribution in [3.8, 4) is 0 Å². The smallest absolute Gasteiger partial charge is 0.419 e. The Hall–Kier alpha value is -3.29. The van der Waals surface area contributed by atoms with Gasteiger partial charge in [0, 0.05) is 11.6 Å². The molecule has 1 heterocycles. The van der Waals surface area contributed by atoms with Crippen LogP contribution in [-0.2, 0) is 25.4 Å². The lowest BCUT2D eigenvalue weighted by Gasteiger charge is -2.23. The second kappa shape index (κ2) is 11.2. The maximum absolute atomic E-state index is 12.7. The van der Waals surface area contributed by atoms with E-state index in [1.165, 1.54) is 4.57 Å². The summed E-state index contributed by atoms with van der Waals surface area (Å²) in [6.45, 7) is 12.8. The minimum absolute atomic E-state index is 0.0228. The average molecular weight is 473 g/mol. The Kier molecular flexibility index (Phi) is 8.90. The van der Waals surface area contributed by atoms with Crippen molar-refractivity contribution in [2.24, 2.45) is 0 Å². The summed E-state index contributed by atoms with van der Waals surface area (Å²) < 4.78 is 17.5. The first-order valence-electron chi connectivity index (χ1n) is 11.6. The summed E-state index contributed by atoms with van der Waals surface area (Å²) in [6.07, 6.45) is 3.76. The second-order valence-electron chi connectivity index (χ2n) is 9.53. The van der Waals surface area contributed by atoms with Gasteiger partial charge in [0.15, 0.2) is 0 Å². The van der Waals surface area contributed by atoms with E-state index in [0.717, 1.165) is 16.5 Å². The lowest BCUT2D eigenvalue weighted by Crippen LogP contribution is -2.36. The zero-order valence-corrected chi connectivity index (χ0v) is 21.2. The zero-order chi connectivity index (χ0) is 25.5. The number of benzene rings is 1. The summed E-state index contributed by atoms with van der Waals surface area (Å²) in [6, 6.07) is 7.55. The van der Waals surface area contributed by atoms with Gasteiger partial charge in [0.1, 0.15) is 16.9 Å². The largest absolute Gasteiger partial charge is 0.461 e. The highest BCUT2D eigenvalue weighted by molar-refractivity contribution is 5.93. The summed E-state index contributed by atoms with van der Waals surface area (Å²) in [4.78, 5) is 37.4. The minimum Gasteiger partial charge on any atom is -0.461 e. The molecule has 0 saturated carbocycles. The van der Waals surface area contributed by atoms with Crippen molar-refractivity contribution in [2.75, 3.05) is 6.61 Å². The molecule has 2 aromatic rings. The highest BCUT2D eigenvalue weighted by atomic mass is 16.6. The molecule has 1 aromatic heterocycles. The van der Waals surface area contributed by atoms with Crippen LogP contribution in [0.2, 0.25) is 0 Å². The number of hydrogen-bond donors (Lipinski definition) is 1. The number of nitrogens with one attached hydrogen (secondary N) is 1. The van der Waals surface area contributed by atoms with Crippen LogP contribution in [0.15, 0.2) is 42.2 Å². The van der Waals surface area contributed by atoms with Crippen molar-refractivity contribution in [3.05, 3.63) is 47.8 Å². The summed E-state index contributed by atoms with van der Waals surface area (Å²) in [5, 5.41) is 3.42. The van der Waals surface area contributed by atoms with Gasteiger partial charge in [0.2, 0.25) is 0 Å². The topological polar surface area (TPSA) is 95.9 Å². The number of hydrogen-bond acceptors (Lipinski definition) is 6. The lowest BCUT2D eigenvalue weighted by atomic mass is 10.1. The van der Waals surface area contributed by atoms with Gasteiger partial charge in [-0.3, -0.25) is 9.88 Å². The normalized spacial score (nSPS) is 12.4. The number of nitrogens with zero attached hydrogens (tertiary/aromatic N) is 1. The molecular formula is C26H36N2O6. The van der Waals surface area contributed by atoms with Crippen molar-refractivity contribution >= 4 is 29.1 Å². The summed E-state index contributed by atoms with van der Waals surface area (Å²) >= 11 is 0. The van der Waals surface area contributed by atoms with Crippen LogP contribution in [0.5, 0.6) is 0 Å². The highest BCUT2D eigenvalue weighted by Crippen LogP contribution is 2.24. The van der Waals surface area contributed by atoms with E-state index in [9.17, 15) is 14.4 Å². The zero-order valence-electron chi connectivity index (χ0n) is 21.2. The van der Waals surface area contributed by atoms with E-state index < -0.39 is 29.4 Å². The Morgan fingerprint density at radius 2 is 1.71 bits per heavy atom. The van der Waals surface area contributed by atoms with Gasteiger partial charge in [0.05, 0.1) is 12.1 Å². The van der Waals surface area contributed by atoms with Crippen LogP contribution in [0.1, 0.15) is 66.9 Å². The third kappa shape index (κ3) is 7.64. The molecule has 2 rings (SSSR count). The average Bonchev–Trinajstić information content (AvgIpc) is 3.10. The molecule has 0 fully saturated rings. The molecule has 1 aromatic carbocycles. The fourth-order valence-electron chi connectivity index (χ4n) is 3.14. The van der Waals surface area contributed by atoms with Crippen molar-refractivity contribution < 1.29 is 28.6 Å². The number of aryl methyl sites for hydroxylation is 1. The quantitative estimate of drug-likeness (QED) is 0.300. The fourth-order valence-corrected chi connectivity index (χ4v) is 3.14. The molecule has 8 heteroatoms. The van der Waals surface area contributed by atoms with Crippen LogP contribution in [0.25, 0.3) is 10.9 Å². The Labute approximate surface area is 201 Å². The SMILES string of the molecule is CCOC(=O)/C(=C/CCc1cn(C(=O)OC(C)(C)C)c2ccccc12)NC(=O)OC(C)(C)CC. The van der Waals surface area contributed by atoms with Crippen molar-refractivity contribution in [3.63, 3.8) is 0 Å². The number of aromatic nitrogens is 1. The van der Waals surface area contributed by atoms with Gasteiger partial charge in [-0.05, 0) is 72.4 Å². The Bertz CT molecular complexity index is 1060. The van der Waals surface area contributed by atoms with Crippen LogP contribution in [0, 0.1) is 0 Å². The number of rotatable bonds is 8. The molecule has 1 N–H and O–H groups in total. The molecule has 0 aliphatic heterocycles. The van der Waals surface area contributed by atoms with Gasteiger partial charge in [-0.1, -0.05) is 31.2 Å². The lowest BCUT2D eigenvalue weighted by molar-refractivity contribution is -0.139. The highest BCUT2D eigenvalue weighted by Gasteiger charge is 2.23. The van der Waals surface area contributed by atoms with Gasteiger partial charge in [-0.25, -0.2) is 14.4 Å². The van der Waals surface area contributed by atoms with E-state index in [1.807, 2.05) is 52.0 Å². The molecule has 0 aliphatic rings. The molecule has 0 aliphatic carbocycles. The standard InChI is InChI=1S/C26H36N2O6/c1-8-26(6,7)33-23(30)27-20(22(29)32-9-2)15-12-13-18-17-28(24(31)34-25(3,4)5)21-16-11-10-14-19(18)21/h10-11,14-17H,8-9,12-13H2,1-7H3,(H,27,30)/b20-15-. The predicted octanol–water partition coefficient (Wildman–Crippen LogP) is 5.72. The Balaban J connectivity index is 2.24. The maximum atomic E-state index is 12.7. The molecule has 186 valence electrons. The number of fused-ring (bicyclic) bond motifs is 1. The number of allylic oxidation sites excluding steroid dienone is 1. The molecule has 0 bridgehead atoms. The second-order valence-corrected chi connectivity index (χ2v) is 9.53. The third-order valence-corrected chi connectivity index (χ3v) is 5.10. The number of alkyl carbamates (subject to hydrolysis) is 1. The van der Waals surface area contributed by atoms with Crippen LogP contribution < -0.4 is 5.32 Å². The monoisotopic (exact) mass is 472 g/mol. The van der Waals surface area contributed by atoms with Gasteiger partial charge in [0.25, 0.3) is 0 Å². The molecule has 0 saturated heterocycles. The van der Waals surface area contributed by atoms with E-state index in [1.54, 1.807) is 33.0 Å². The van der Waals surface area contributed by atoms with Gasteiger partial charge in [-0.15, -0.1) is 0 Å². The summed E-state index contributed by atoms with van der Waals surface area (Å²) in [7, 11) is 0. The number of ether oxygens (including phenoxy) is 3. The molecular weight excluding hydrogens is 436 g/mol. The molecule has 0 spiro atoms. The van der Waals surface area contributed by atoms with Gasteiger partial charge < -0.3 is 14.2 Å². The van der Waals surface area contributed by atoms with Crippen LogP contribution in [0.4, 0.5) is 9.59 Å². The van der Waals surface area contributed by atoms with E-state index in [4.69, 9.17) is 14.2 Å². The molecule has 8 nitrogen and oxygen atoms in total. The number of carbonyl (C=O) groups excluding carboxylic acids is 3. The molecule has 0 radical (unpaired) electrons. The van der Waals surface area contributed by atoms with Crippen LogP contribution >= 0.6 is 0 Å². The summed E-state index contributed by atoms with van der Waals surface area (Å²) in [5.74, 6) is -0.634. The first-order valence-corrected chi connectivity index (χ1v) is 11.6. The van der Waals surface area contributed by atoms with E-state index in [2.05, 4.69) is 5.32 Å². The van der Waals surface area contributed by atoms with Crippen molar-refractivity contribution in [1.82, 2.24) is 9.88 Å². The van der Waals surface area contributed by atoms with E-state index in [-0.39, 0.29) is 12.3 Å². The number of amides is 1. The van der Waals surface area contributed by atoms with Crippen molar-refractivity contribution in [2.45, 2.75) is 78.9 Å². The van der Waals surface area contributed by atoms with E-state index in [0.29, 0.717) is 19.3 Å². The molecule has 1 amide bonds. The van der Waals surface area contributed by atoms with Crippen LogP contribution in [-0.4, -0.2) is 40.5 Å². The van der Waals surface area contributed by atoms with Crippen molar-refractivity contribution in [1.29, 1.82) is 0 Å². The molecule has 34 heavy (non-hydrogen) atoms.